The zero-order valence-corrected chi connectivity index (χ0v) is 15.8. The van der Waals surface area contributed by atoms with Crippen molar-refractivity contribution in [3.05, 3.63) is 57.8 Å². The molecule has 136 valence electrons. The summed E-state index contributed by atoms with van der Waals surface area (Å²) in [4.78, 5) is 41.0. The molecule has 3 amide bonds. The van der Waals surface area contributed by atoms with Gasteiger partial charge in [0.2, 0.25) is 0 Å². The van der Waals surface area contributed by atoms with Crippen molar-refractivity contribution in [2.45, 2.75) is 38.6 Å². The molecule has 2 heterocycles. The third-order valence-electron chi connectivity index (χ3n) is 4.65. The summed E-state index contributed by atoms with van der Waals surface area (Å²) in [6.45, 7) is 3.76. The average molecular weight is 370 g/mol. The summed E-state index contributed by atoms with van der Waals surface area (Å²) in [5.41, 5.74) is -0.336. The molecule has 1 saturated heterocycles. The Kier molecular flexibility index (Phi) is 5.23. The van der Waals surface area contributed by atoms with Gasteiger partial charge in [-0.2, -0.15) is 0 Å². The van der Waals surface area contributed by atoms with Crippen LogP contribution in [0.3, 0.4) is 0 Å². The molecule has 0 radical (unpaired) electrons. The lowest BCUT2D eigenvalue weighted by Crippen LogP contribution is -2.44. The standard InChI is InChI=1S/C20H22N2O3S/c1-3-12-20(14-8-6-5-7-9-14)18(24)22(19(25)21-20)13-16(23)17-11-10-15(4-2)26-17/h5-11H,3-4,12-13H2,1-2H3,(H,21,25)/t20-/m1/s1. The van der Waals surface area contributed by atoms with Crippen molar-refractivity contribution in [1.82, 2.24) is 10.2 Å². The number of amides is 3. The Morgan fingerprint density at radius 1 is 1.12 bits per heavy atom. The van der Waals surface area contributed by atoms with E-state index in [0.717, 1.165) is 28.2 Å². The minimum absolute atomic E-state index is 0.210. The highest BCUT2D eigenvalue weighted by molar-refractivity contribution is 7.14. The largest absolute Gasteiger partial charge is 0.325 e. The Morgan fingerprint density at radius 3 is 2.46 bits per heavy atom. The van der Waals surface area contributed by atoms with E-state index in [4.69, 9.17) is 0 Å². The molecule has 1 aromatic carbocycles. The van der Waals surface area contributed by atoms with Crippen LogP contribution in [-0.2, 0) is 16.8 Å². The van der Waals surface area contributed by atoms with E-state index in [-0.39, 0.29) is 18.2 Å². The molecular formula is C20H22N2O3S. The monoisotopic (exact) mass is 370 g/mol. The number of nitrogens with one attached hydrogen (secondary N) is 1. The predicted octanol–water partition coefficient (Wildman–Crippen LogP) is 3.74. The van der Waals surface area contributed by atoms with Crippen LogP contribution >= 0.6 is 11.3 Å². The predicted molar refractivity (Wildman–Crippen MR) is 101 cm³/mol. The first-order valence-corrected chi connectivity index (χ1v) is 9.65. The summed E-state index contributed by atoms with van der Waals surface area (Å²) in [5.74, 6) is -0.560. The van der Waals surface area contributed by atoms with Gasteiger partial charge in [0.1, 0.15) is 5.54 Å². The number of aryl methyl sites for hydroxylation is 1. The van der Waals surface area contributed by atoms with Gasteiger partial charge >= 0.3 is 6.03 Å². The maximum Gasteiger partial charge on any atom is 0.325 e. The second-order valence-corrected chi connectivity index (χ2v) is 7.55. The Morgan fingerprint density at radius 2 is 1.85 bits per heavy atom. The first kappa shape index (κ1) is 18.3. The molecule has 1 N–H and O–H groups in total. The topological polar surface area (TPSA) is 66.5 Å². The third kappa shape index (κ3) is 3.17. The van der Waals surface area contributed by atoms with E-state index in [1.165, 1.54) is 11.3 Å². The summed E-state index contributed by atoms with van der Waals surface area (Å²) in [6, 6.07) is 12.4. The molecule has 1 aromatic heterocycles. The fourth-order valence-corrected chi connectivity index (χ4v) is 4.19. The van der Waals surface area contributed by atoms with Gasteiger partial charge in [0.25, 0.3) is 5.91 Å². The van der Waals surface area contributed by atoms with Crippen molar-refractivity contribution in [2.75, 3.05) is 6.54 Å². The van der Waals surface area contributed by atoms with E-state index in [1.54, 1.807) is 6.07 Å². The van der Waals surface area contributed by atoms with Gasteiger partial charge in [-0.05, 0) is 30.5 Å². The number of carbonyl (C=O) groups excluding carboxylic acids is 3. The number of nitrogens with zero attached hydrogens (tertiary/aromatic N) is 1. The fraction of sp³-hybridized carbons (Fsp3) is 0.350. The molecule has 26 heavy (non-hydrogen) atoms. The lowest BCUT2D eigenvalue weighted by Gasteiger charge is -2.26. The summed E-state index contributed by atoms with van der Waals surface area (Å²) < 4.78 is 0. The highest BCUT2D eigenvalue weighted by atomic mass is 32.1. The molecule has 0 bridgehead atoms. The summed E-state index contributed by atoms with van der Waals surface area (Å²) >= 11 is 1.41. The fourth-order valence-electron chi connectivity index (χ4n) is 3.32. The summed E-state index contributed by atoms with van der Waals surface area (Å²) in [5, 5.41) is 2.85. The first-order chi connectivity index (χ1) is 12.5. The van der Waals surface area contributed by atoms with Crippen molar-refractivity contribution < 1.29 is 14.4 Å². The van der Waals surface area contributed by atoms with Crippen LogP contribution in [0.2, 0.25) is 0 Å². The molecule has 3 rings (SSSR count). The van der Waals surface area contributed by atoms with Gasteiger partial charge in [-0.15, -0.1) is 11.3 Å². The van der Waals surface area contributed by atoms with E-state index >= 15 is 0 Å². The molecule has 5 nitrogen and oxygen atoms in total. The number of benzene rings is 1. The highest BCUT2D eigenvalue weighted by Gasteiger charge is 2.52. The number of ketones is 1. The number of hydrogen-bond acceptors (Lipinski definition) is 4. The number of thiophene rings is 1. The Balaban J connectivity index is 1.86. The average Bonchev–Trinajstić information content (AvgIpc) is 3.22. The number of urea groups is 1. The number of Topliss-reactive ketones (excluding diaryl/α,β-unsaturated/α-hetero) is 1. The van der Waals surface area contributed by atoms with Crippen LogP contribution in [0.15, 0.2) is 42.5 Å². The number of carbonyl (C=O) groups is 3. The third-order valence-corrected chi connectivity index (χ3v) is 5.92. The van der Waals surface area contributed by atoms with Crippen LogP contribution in [0.5, 0.6) is 0 Å². The van der Waals surface area contributed by atoms with Gasteiger partial charge in [-0.25, -0.2) is 4.79 Å². The number of imide groups is 1. The van der Waals surface area contributed by atoms with Crippen molar-refractivity contribution >= 4 is 29.1 Å². The maximum atomic E-state index is 13.2. The minimum Gasteiger partial charge on any atom is -0.319 e. The Hall–Kier alpha value is -2.47. The van der Waals surface area contributed by atoms with E-state index in [9.17, 15) is 14.4 Å². The van der Waals surface area contributed by atoms with E-state index in [1.807, 2.05) is 50.2 Å². The van der Waals surface area contributed by atoms with Gasteiger partial charge in [0.05, 0.1) is 11.4 Å². The molecule has 1 aliphatic rings. The highest BCUT2D eigenvalue weighted by Crippen LogP contribution is 2.33. The van der Waals surface area contributed by atoms with Crippen LogP contribution in [-0.4, -0.2) is 29.2 Å². The normalized spacial score (nSPS) is 19.7. The molecule has 6 heteroatoms. The van der Waals surface area contributed by atoms with Crippen LogP contribution in [0, 0.1) is 0 Å². The SMILES string of the molecule is CCC[C@]1(c2ccccc2)NC(=O)N(CC(=O)c2ccc(CC)s2)C1=O. The molecule has 1 atom stereocenters. The van der Waals surface area contributed by atoms with Gasteiger partial charge in [-0.3, -0.25) is 14.5 Å². The second kappa shape index (κ2) is 7.41. The molecule has 1 fully saturated rings. The first-order valence-electron chi connectivity index (χ1n) is 8.83. The van der Waals surface area contributed by atoms with Crippen LogP contribution in [0.25, 0.3) is 0 Å². The van der Waals surface area contributed by atoms with Crippen molar-refractivity contribution in [1.29, 1.82) is 0 Å². The van der Waals surface area contributed by atoms with Crippen LogP contribution in [0.1, 0.15) is 46.8 Å². The molecule has 1 aliphatic heterocycles. The number of hydrogen-bond donors (Lipinski definition) is 1. The molecular weight excluding hydrogens is 348 g/mol. The molecule has 0 unspecified atom stereocenters. The smallest absolute Gasteiger partial charge is 0.319 e. The number of rotatable bonds is 7. The minimum atomic E-state index is -1.09. The van der Waals surface area contributed by atoms with Gasteiger partial charge in [0.15, 0.2) is 5.78 Å². The summed E-state index contributed by atoms with van der Waals surface area (Å²) in [6.07, 6.45) is 2.08. The summed E-state index contributed by atoms with van der Waals surface area (Å²) in [7, 11) is 0. The lowest BCUT2D eigenvalue weighted by atomic mass is 9.85. The Bertz CT molecular complexity index is 831. The van der Waals surface area contributed by atoms with E-state index < -0.39 is 11.6 Å². The van der Waals surface area contributed by atoms with Gasteiger partial charge in [0, 0.05) is 4.88 Å². The van der Waals surface area contributed by atoms with Gasteiger partial charge in [-0.1, -0.05) is 50.6 Å². The lowest BCUT2D eigenvalue weighted by molar-refractivity contribution is -0.131. The van der Waals surface area contributed by atoms with E-state index in [2.05, 4.69) is 5.32 Å². The molecule has 0 aliphatic carbocycles. The van der Waals surface area contributed by atoms with Crippen LogP contribution in [0.4, 0.5) is 4.79 Å². The molecule has 2 aromatic rings. The maximum absolute atomic E-state index is 13.2. The zero-order chi connectivity index (χ0) is 18.7. The van der Waals surface area contributed by atoms with Gasteiger partial charge < -0.3 is 5.32 Å². The molecule has 0 saturated carbocycles. The molecule has 0 spiro atoms. The zero-order valence-electron chi connectivity index (χ0n) is 15.0. The second-order valence-electron chi connectivity index (χ2n) is 6.39. The van der Waals surface area contributed by atoms with E-state index in [0.29, 0.717) is 11.3 Å². The van der Waals surface area contributed by atoms with Crippen molar-refractivity contribution in [3.63, 3.8) is 0 Å². The van der Waals surface area contributed by atoms with Crippen molar-refractivity contribution in [2.24, 2.45) is 0 Å². The quantitative estimate of drug-likeness (QED) is 0.596. The Labute approximate surface area is 157 Å². The van der Waals surface area contributed by atoms with Crippen molar-refractivity contribution in [3.8, 4) is 0 Å². The van der Waals surface area contributed by atoms with Crippen LogP contribution < -0.4 is 5.32 Å².